The number of para-hydroxylation sites is 1. The zero-order valence-corrected chi connectivity index (χ0v) is 19.2. The van der Waals surface area contributed by atoms with E-state index in [1.807, 2.05) is 72.8 Å². The van der Waals surface area contributed by atoms with Crippen LogP contribution < -0.4 is 25.7 Å². The summed E-state index contributed by atoms with van der Waals surface area (Å²) >= 11 is 0. The number of benzene rings is 3. The van der Waals surface area contributed by atoms with Crippen molar-refractivity contribution in [3.05, 3.63) is 100 Å². The maximum absolute atomic E-state index is 13.4. The zero-order valence-electron chi connectivity index (χ0n) is 19.2. The van der Waals surface area contributed by atoms with Crippen molar-refractivity contribution in [3.63, 3.8) is 0 Å². The van der Waals surface area contributed by atoms with E-state index in [0.717, 1.165) is 22.4 Å². The van der Waals surface area contributed by atoms with Crippen LogP contribution in [0.3, 0.4) is 0 Å². The van der Waals surface area contributed by atoms with Crippen LogP contribution in [0.2, 0.25) is 0 Å². The molecule has 0 aliphatic heterocycles. The number of aromatic nitrogens is 1. The number of ether oxygens (including phenoxy) is 2. The minimum absolute atomic E-state index is 0.106. The standard InChI is InChI=1S/C27H27N3O4/c1-33-23-10-6-7-19(13-23)16-29-26(31)18-30-25-15-24(34-2)12-11-20(25)14-21(27(30)32)17-28-22-8-4-3-5-9-22/h3-15,28H,16-18H2,1-2H3,(H,29,31). The van der Waals surface area contributed by atoms with Gasteiger partial charge in [0.05, 0.1) is 19.7 Å². The van der Waals surface area contributed by atoms with Crippen LogP contribution in [-0.4, -0.2) is 24.7 Å². The van der Waals surface area contributed by atoms with Crippen LogP contribution in [-0.2, 0) is 24.4 Å². The molecule has 0 saturated carbocycles. The molecular weight excluding hydrogens is 430 g/mol. The molecule has 0 spiro atoms. The molecule has 0 aliphatic carbocycles. The second-order valence-corrected chi connectivity index (χ2v) is 7.83. The minimum Gasteiger partial charge on any atom is -0.497 e. The molecule has 1 heterocycles. The summed E-state index contributed by atoms with van der Waals surface area (Å²) < 4.78 is 12.1. The van der Waals surface area contributed by atoms with Crippen LogP contribution in [0.1, 0.15) is 11.1 Å². The number of rotatable bonds is 9. The molecule has 0 unspecified atom stereocenters. The number of nitrogens with zero attached hydrogens (tertiary/aromatic N) is 1. The van der Waals surface area contributed by atoms with Crippen LogP contribution >= 0.6 is 0 Å². The van der Waals surface area contributed by atoms with E-state index in [0.29, 0.717) is 29.9 Å². The van der Waals surface area contributed by atoms with Gasteiger partial charge in [-0.25, -0.2) is 0 Å². The van der Waals surface area contributed by atoms with Crippen molar-refractivity contribution in [2.45, 2.75) is 19.6 Å². The van der Waals surface area contributed by atoms with Crippen molar-refractivity contribution >= 4 is 22.5 Å². The lowest BCUT2D eigenvalue weighted by Gasteiger charge is -2.15. The number of amides is 1. The first-order valence-corrected chi connectivity index (χ1v) is 11.0. The van der Waals surface area contributed by atoms with Crippen molar-refractivity contribution < 1.29 is 14.3 Å². The van der Waals surface area contributed by atoms with Gasteiger partial charge in [-0.2, -0.15) is 0 Å². The number of hydrogen-bond acceptors (Lipinski definition) is 5. The maximum atomic E-state index is 13.4. The highest BCUT2D eigenvalue weighted by atomic mass is 16.5. The molecule has 3 aromatic carbocycles. The third-order valence-corrected chi connectivity index (χ3v) is 5.56. The molecule has 0 bridgehead atoms. The van der Waals surface area contributed by atoms with Gasteiger partial charge in [0.1, 0.15) is 18.0 Å². The van der Waals surface area contributed by atoms with Gasteiger partial charge >= 0.3 is 0 Å². The van der Waals surface area contributed by atoms with E-state index in [1.54, 1.807) is 20.3 Å². The first-order valence-electron chi connectivity index (χ1n) is 11.0. The number of fused-ring (bicyclic) bond motifs is 1. The van der Waals surface area contributed by atoms with Gasteiger partial charge in [-0.3, -0.25) is 14.2 Å². The Kier molecular flexibility index (Phi) is 7.13. The van der Waals surface area contributed by atoms with Crippen LogP contribution in [0.15, 0.2) is 83.7 Å². The number of pyridine rings is 1. The number of carbonyl (C=O) groups excluding carboxylic acids is 1. The summed E-state index contributed by atoms with van der Waals surface area (Å²) in [5.41, 5.74) is 2.82. The molecule has 2 N–H and O–H groups in total. The Bertz CT molecular complexity index is 1350. The Balaban J connectivity index is 1.59. The zero-order chi connectivity index (χ0) is 23.9. The highest BCUT2D eigenvalue weighted by Crippen LogP contribution is 2.21. The number of carbonyl (C=O) groups is 1. The Morgan fingerprint density at radius 1 is 0.853 bits per heavy atom. The van der Waals surface area contributed by atoms with Gasteiger partial charge < -0.3 is 20.1 Å². The van der Waals surface area contributed by atoms with Gasteiger partial charge in [0.15, 0.2) is 0 Å². The van der Waals surface area contributed by atoms with Gasteiger partial charge in [-0.05, 0) is 53.4 Å². The molecule has 7 heteroatoms. The number of hydrogen-bond donors (Lipinski definition) is 2. The normalized spacial score (nSPS) is 10.6. The van der Waals surface area contributed by atoms with Gasteiger partial charge in [0.2, 0.25) is 5.91 Å². The summed E-state index contributed by atoms with van der Waals surface area (Å²) in [6.45, 7) is 0.573. The first kappa shape index (κ1) is 22.9. The lowest BCUT2D eigenvalue weighted by atomic mass is 10.1. The van der Waals surface area contributed by atoms with Gasteiger partial charge in [-0.15, -0.1) is 0 Å². The molecular formula is C27H27N3O4. The minimum atomic E-state index is -0.262. The molecule has 0 fully saturated rings. The fourth-order valence-electron chi connectivity index (χ4n) is 3.76. The summed E-state index contributed by atoms with van der Waals surface area (Å²) in [5, 5.41) is 7.02. The van der Waals surface area contributed by atoms with Crippen LogP contribution in [0, 0.1) is 0 Å². The monoisotopic (exact) mass is 457 g/mol. The van der Waals surface area contributed by atoms with Crippen molar-refractivity contribution in [1.29, 1.82) is 0 Å². The lowest BCUT2D eigenvalue weighted by molar-refractivity contribution is -0.121. The Morgan fingerprint density at radius 3 is 2.38 bits per heavy atom. The SMILES string of the molecule is COc1cccc(CNC(=O)Cn2c(=O)c(CNc3ccccc3)cc3ccc(OC)cc32)c1. The Labute approximate surface area is 197 Å². The highest BCUT2D eigenvalue weighted by molar-refractivity contribution is 5.84. The fraction of sp³-hybridized carbons (Fsp3) is 0.185. The van der Waals surface area contributed by atoms with Gasteiger partial charge in [0, 0.05) is 30.4 Å². The molecule has 34 heavy (non-hydrogen) atoms. The molecule has 1 amide bonds. The van der Waals surface area contributed by atoms with Crippen LogP contribution in [0.5, 0.6) is 11.5 Å². The summed E-state index contributed by atoms with van der Waals surface area (Å²) in [4.78, 5) is 26.2. The predicted octanol–water partition coefficient (Wildman–Crippen LogP) is 3.95. The fourth-order valence-corrected chi connectivity index (χ4v) is 3.76. The summed E-state index contributed by atoms with van der Waals surface area (Å²) in [6.07, 6.45) is 0. The van der Waals surface area contributed by atoms with Crippen LogP contribution in [0.25, 0.3) is 10.9 Å². The van der Waals surface area contributed by atoms with Crippen molar-refractivity contribution in [2.24, 2.45) is 0 Å². The highest BCUT2D eigenvalue weighted by Gasteiger charge is 2.14. The van der Waals surface area contributed by atoms with E-state index < -0.39 is 0 Å². The Hall–Kier alpha value is -4.26. The summed E-state index contributed by atoms with van der Waals surface area (Å²) in [7, 11) is 3.17. The van der Waals surface area contributed by atoms with Crippen molar-refractivity contribution in [2.75, 3.05) is 19.5 Å². The molecule has 1 aromatic heterocycles. The van der Waals surface area contributed by atoms with Gasteiger partial charge in [0.25, 0.3) is 5.56 Å². The van der Waals surface area contributed by atoms with Gasteiger partial charge in [-0.1, -0.05) is 30.3 Å². The van der Waals surface area contributed by atoms with E-state index >= 15 is 0 Å². The maximum Gasteiger partial charge on any atom is 0.256 e. The van der Waals surface area contributed by atoms with E-state index in [9.17, 15) is 9.59 Å². The number of nitrogens with one attached hydrogen (secondary N) is 2. The largest absolute Gasteiger partial charge is 0.497 e. The van der Waals surface area contributed by atoms with E-state index in [4.69, 9.17) is 9.47 Å². The van der Waals surface area contributed by atoms with E-state index in [-0.39, 0.29) is 18.0 Å². The molecule has 0 atom stereocenters. The van der Waals surface area contributed by atoms with Crippen LogP contribution in [0.4, 0.5) is 5.69 Å². The molecule has 0 saturated heterocycles. The predicted molar refractivity (Wildman–Crippen MR) is 133 cm³/mol. The third kappa shape index (κ3) is 5.38. The second-order valence-electron chi connectivity index (χ2n) is 7.83. The Morgan fingerprint density at radius 2 is 1.62 bits per heavy atom. The number of methoxy groups -OCH3 is 2. The summed E-state index contributed by atoms with van der Waals surface area (Å²) in [5.74, 6) is 1.08. The molecule has 174 valence electrons. The molecule has 4 aromatic rings. The van der Waals surface area contributed by atoms with E-state index in [2.05, 4.69) is 10.6 Å². The molecule has 0 aliphatic rings. The van der Waals surface area contributed by atoms with Crippen molar-refractivity contribution in [3.8, 4) is 11.5 Å². The number of anilines is 1. The topological polar surface area (TPSA) is 81.6 Å². The first-order chi connectivity index (χ1) is 16.6. The third-order valence-electron chi connectivity index (χ3n) is 5.56. The quantitative estimate of drug-likeness (QED) is 0.398. The average Bonchev–Trinajstić information content (AvgIpc) is 2.88. The molecule has 7 nitrogen and oxygen atoms in total. The van der Waals surface area contributed by atoms with Crippen molar-refractivity contribution in [1.82, 2.24) is 9.88 Å². The summed E-state index contributed by atoms with van der Waals surface area (Å²) in [6, 6.07) is 24.5. The smallest absolute Gasteiger partial charge is 0.256 e. The molecule has 0 radical (unpaired) electrons. The molecule has 4 rings (SSSR count). The average molecular weight is 458 g/mol. The van der Waals surface area contributed by atoms with E-state index in [1.165, 1.54) is 4.57 Å². The lowest BCUT2D eigenvalue weighted by Crippen LogP contribution is -2.33. The second kappa shape index (κ2) is 10.6.